The molecule has 0 aliphatic rings. The Morgan fingerprint density at radius 1 is 1.56 bits per heavy atom. The molecule has 0 radical (unpaired) electrons. The number of rotatable bonds is 6. The van der Waals surface area contributed by atoms with Gasteiger partial charge in [-0.1, -0.05) is 25.2 Å². The first-order valence-electron chi connectivity index (χ1n) is 5.16. The first-order valence-corrected chi connectivity index (χ1v) is 5.57. The zero-order valence-corrected chi connectivity index (χ0v) is 10.5. The van der Waals surface area contributed by atoms with Crippen molar-refractivity contribution in [1.29, 1.82) is 0 Å². The van der Waals surface area contributed by atoms with E-state index in [-0.39, 0.29) is 0 Å². The molecule has 0 bridgehead atoms. The van der Waals surface area contributed by atoms with E-state index in [2.05, 4.69) is 16.8 Å². The van der Waals surface area contributed by atoms with Gasteiger partial charge in [-0.25, -0.2) is 4.98 Å². The van der Waals surface area contributed by atoms with E-state index in [1.54, 1.807) is 7.11 Å². The van der Waals surface area contributed by atoms with E-state index >= 15 is 0 Å². The van der Waals surface area contributed by atoms with E-state index < -0.39 is 0 Å². The highest BCUT2D eigenvalue weighted by molar-refractivity contribution is 7.80. The van der Waals surface area contributed by atoms with Gasteiger partial charge in [-0.2, -0.15) is 0 Å². The fourth-order valence-corrected chi connectivity index (χ4v) is 1.57. The Balaban J connectivity index is 2.65. The lowest BCUT2D eigenvalue weighted by Gasteiger charge is -2.19. The predicted octanol–water partition coefficient (Wildman–Crippen LogP) is 1.20. The molecule has 2 N–H and O–H groups in total. The topological polar surface area (TPSA) is 51.4 Å². The number of aromatic nitrogens is 1. The average molecular weight is 239 g/mol. The molecule has 0 aromatic carbocycles. The van der Waals surface area contributed by atoms with Gasteiger partial charge in [0.1, 0.15) is 0 Å². The van der Waals surface area contributed by atoms with Crippen LogP contribution in [-0.4, -0.2) is 35.1 Å². The summed E-state index contributed by atoms with van der Waals surface area (Å²) in [6.07, 6.45) is 0. The van der Waals surface area contributed by atoms with Gasteiger partial charge in [0, 0.05) is 19.2 Å². The van der Waals surface area contributed by atoms with E-state index in [1.807, 2.05) is 18.2 Å². The molecule has 0 atom stereocenters. The van der Waals surface area contributed by atoms with Crippen molar-refractivity contribution in [2.45, 2.75) is 13.5 Å². The molecule has 1 rings (SSSR count). The maximum Gasteiger partial charge on any atom is 0.213 e. The molecule has 0 saturated heterocycles. The van der Waals surface area contributed by atoms with Gasteiger partial charge in [0.2, 0.25) is 5.88 Å². The molecule has 0 aliphatic heterocycles. The number of likely N-dealkylation sites (N-methyl/N-ethyl adjacent to an activating group) is 1. The van der Waals surface area contributed by atoms with Gasteiger partial charge in [-0.15, -0.1) is 0 Å². The van der Waals surface area contributed by atoms with Crippen molar-refractivity contribution in [3.8, 4) is 5.88 Å². The summed E-state index contributed by atoms with van der Waals surface area (Å²) in [5.74, 6) is 0.629. The Kier molecular flexibility index (Phi) is 5.14. The normalized spacial score (nSPS) is 10.4. The summed E-state index contributed by atoms with van der Waals surface area (Å²) < 4.78 is 5.07. The summed E-state index contributed by atoms with van der Waals surface area (Å²) >= 11 is 4.89. The van der Waals surface area contributed by atoms with Gasteiger partial charge in [0.15, 0.2) is 0 Å². The maximum atomic E-state index is 5.52. The Morgan fingerprint density at radius 3 is 2.88 bits per heavy atom. The van der Waals surface area contributed by atoms with Crippen molar-refractivity contribution in [2.24, 2.45) is 5.73 Å². The molecule has 0 saturated carbocycles. The van der Waals surface area contributed by atoms with Crippen LogP contribution in [0.3, 0.4) is 0 Å². The zero-order valence-electron chi connectivity index (χ0n) is 9.64. The summed E-state index contributed by atoms with van der Waals surface area (Å²) in [6.45, 7) is 4.30. The molecule has 1 aromatic heterocycles. The molecule has 0 amide bonds. The predicted molar refractivity (Wildman–Crippen MR) is 68.5 cm³/mol. The highest BCUT2D eigenvalue weighted by Gasteiger charge is 2.06. The molecular formula is C11H17N3OS. The molecule has 4 nitrogen and oxygen atoms in total. The third kappa shape index (κ3) is 4.12. The molecular weight excluding hydrogens is 222 g/mol. The van der Waals surface area contributed by atoms with Crippen molar-refractivity contribution in [3.63, 3.8) is 0 Å². The fraction of sp³-hybridized carbons (Fsp3) is 0.455. The summed E-state index contributed by atoms with van der Waals surface area (Å²) in [4.78, 5) is 6.97. The average Bonchev–Trinajstić information content (AvgIpc) is 2.28. The van der Waals surface area contributed by atoms with Crippen LogP contribution < -0.4 is 10.5 Å². The number of nitrogens with two attached hydrogens (primary N) is 1. The second-order valence-electron chi connectivity index (χ2n) is 3.44. The highest BCUT2D eigenvalue weighted by atomic mass is 32.1. The number of ether oxygens (including phenoxy) is 1. The maximum absolute atomic E-state index is 5.52. The number of hydrogen-bond acceptors (Lipinski definition) is 4. The molecule has 1 aromatic rings. The second kappa shape index (κ2) is 6.40. The van der Waals surface area contributed by atoms with Gasteiger partial charge in [-0.05, 0) is 12.6 Å². The quantitative estimate of drug-likeness (QED) is 0.756. The van der Waals surface area contributed by atoms with Crippen molar-refractivity contribution < 1.29 is 4.74 Å². The monoisotopic (exact) mass is 239 g/mol. The van der Waals surface area contributed by atoms with Crippen molar-refractivity contribution in [3.05, 3.63) is 23.9 Å². The van der Waals surface area contributed by atoms with Crippen LogP contribution in [0.4, 0.5) is 0 Å². The summed E-state index contributed by atoms with van der Waals surface area (Å²) in [7, 11) is 1.61. The van der Waals surface area contributed by atoms with Gasteiger partial charge in [-0.3, -0.25) is 4.90 Å². The largest absolute Gasteiger partial charge is 0.481 e. The first-order chi connectivity index (χ1) is 7.65. The standard InChI is InChI=1S/C11H17N3OS/c1-3-14(8-10(12)16)7-9-5-4-6-11(13-9)15-2/h4-6H,3,7-8H2,1-2H3,(H2,12,16). The van der Waals surface area contributed by atoms with Crippen molar-refractivity contribution >= 4 is 17.2 Å². The van der Waals surface area contributed by atoms with Gasteiger partial charge in [0.25, 0.3) is 0 Å². The van der Waals surface area contributed by atoms with Crippen molar-refractivity contribution in [1.82, 2.24) is 9.88 Å². The second-order valence-corrected chi connectivity index (χ2v) is 3.97. The van der Waals surface area contributed by atoms with Crippen LogP contribution in [0, 0.1) is 0 Å². The Hall–Kier alpha value is -1.20. The van der Waals surface area contributed by atoms with E-state index in [9.17, 15) is 0 Å². The highest BCUT2D eigenvalue weighted by Crippen LogP contribution is 2.08. The molecule has 0 unspecified atom stereocenters. The smallest absolute Gasteiger partial charge is 0.213 e. The van der Waals surface area contributed by atoms with Crippen LogP contribution in [0.5, 0.6) is 5.88 Å². The summed E-state index contributed by atoms with van der Waals surface area (Å²) in [5.41, 5.74) is 6.48. The molecule has 5 heteroatoms. The lowest BCUT2D eigenvalue weighted by Crippen LogP contribution is -2.32. The SMILES string of the molecule is CCN(CC(N)=S)Cc1cccc(OC)n1. The van der Waals surface area contributed by atoms with Gasteiger partial charge >= 0.3 is 0 Å². The molecule has 1 heterocycles. The van der Waals surface area contributed by atoms with Crippen LogP contribution >= 0.6 is 12.2 Å². The third-order valence-electron chi connectivity index (χ3n) is 2.20. The Bertz CT molecular complexity index is 357. The zero-order chi connectivity index (χ0) is 12.0. The minimum Gasteiger partial charge on any atom is -0.481 e. The van der Waals surface area contributed by atoms with Crippen LogP contribution in [-0.2, 0) is 6.54 Å². The van der Waals surface area contributed by atoms with Crippen molar-refractivity contribution in [2.75, 3.05) is 20.2 Å². The molecule has 16 heavy (non-hydrogen) atoms. The van der Waals surface area contributed by atoms with Crippen LogP contribution in [0.2, 0.25) is 0 Å². The third-order valence-corrected chi connectivity index (χ3v) is 2.33. The Morgan fingerprint density at radius 2 is 2.31 bits per heavy atom. The minimum absolute atomic E-state index is 0.504. The molecule has 88 valence electrons. The number of methoxy groups -OCH3 is 1. The number of hydrogen-bond donors (Lipinski definition) is 1. The lowest BCUT2D eigenvalue weighted by molar-refractivity contribution is 0.314. The van der Waals surface area contributed by atoms with E-state index in [0.29, 0.717) is 17.4 Å². The molecule has 0 spiro atoms. The number of nitrogens with zero attached hydrogens (tertiary/aromatic N) is 2. The minimum atomic E-state index is 0.504. The van der Waals surface area contributed by atoms with Crippen LogP contribution in [0.15, 0.2) is 18.2 Å². The summed E-state index contributed by atoms with van der Waals surface area (Å²) in [6, 6.07) is 5.72. The molecule has 0 fully saturated rings. The summed E-state index contributed by atoms with van der Waals surface area (Å²) in [5, 5.41) is 0. The van der Waals surface area contributed by atoms with Crippen LogP contribution in [0.25, 0.3) is 0 Å². The van der Waals surface area contributed by atoms with Gasteiger partial charge in [0.05, 0.1) is 17.8 Å². The van der Waals surface area contributed by atoms with E-state index in [4.69, 9.17) is 22.7 Å². The Labute approximate surface area is 101 Å². The number of pyridine rings is 1. The number of thiocarbonyl (C=S) groups is 1. The lowest BCUT2D eigenvalue weighted by atomic mass is 10.3. The van der Waals surface area contributed by atoms with E-state index in [0.717, 1.165) is 18.8 Å². The van der Waals surface area contributed by atoms with Gasteiger partial charge < -0.3 is 10.5 Å². The van der Waals surface area contributed by atoms with E-state index in [1.165, 1.54) is 0 Å². The van der Waals surface area contributed by atoms with Crippen LogP contribution in [0.1, 0.15) is 12.6 Å². The fourth-order valence-electron chi connectivity index (χ4n) is 1.39. The molecule has 0 aliphatic carbocycles. The first kappa shape index (κ1) is 12.9.